The molecule has 0 bridgehead atoms. The van der Waals surface area contributed by atoms with Gasteiger partial charge in [0.2, 0.25) is 0 Å². The van der Waals surface area contributed by atoms with Crippen molar-refractivity contribution in [1.29, 1.82) is 0 Å². The third-order valence-corrected chi connectivity index (χ3v) is 3.45. The third-order valence-electron chi connectivity index (χ3n) is 2.26. The maximum absolute atomic E-state index is 9.61. The van der Waals surface area contributed by atoms with Crippen LogP contribution in [0.25, 0.3) is 0 Å². The van der Waals surface area contributed by atoms with E-state index in [1.54, 1.807) is 6.08 Å². The van der Waals surface area contributed by atoms with Crippen LogP contribution in [0.1, 0.15) is 5.56 Å². The number of hydrogen-bond donors (Lipinski definition) is 2. The predicted octanol–water partition coefficient (Wildman–Crippen LogP) is 3.27. The van der Waals surface area contributed by atoms with Gasteiger partial charge < -0.3 is 10.2 Å². The zero-order valence-electron chi connectivity index (χ0n) is 8.63. The summed E-state index contributed by atoms with van der Waals surface area (Å²) in [5, 5.41) is 18.7. The third kappa shape index (κ3) is 2.61. The van der Waals surface area contributed by atoms with E-state index < -0.39 is 0 Å². The Balaban J connectivity index is 1.95. The van der Waals surface area contributed by atoms with Gasteiger partial charge in [0, 0.05) is 12.2 Å². The first-order valence-electron chi connectivity index (χ1n) is 4.97. The summed E-state index contributed by atoms with van der Waals surface area (Å²) in [5.74, 6) is 0.705. The molecule has 0 saturated heterocycles. The van der Waals surface area contributed by atoms with Crippen LogP contribution in [0, 0.1) is 6.42 Å². The first-order valence-corrected chi connectivity index (χ1v) is 6.02. The second kappa shape index (κ2) is 5.12. The average Bonchev–Trinajstić information content (AvgIpc) is 2.32. The molecule has 0 spiro atoms. The van der Waals surface area contributed by atoms with Crippen molar-refractivity contribution in [1.82, 2.24) is 0 Å². The number of aliphatic hydroxyl groups is 2. The van der Waals surface area contributed by atoms with Gasteiger partial charge in [-0.2, -0.15) is 0 Å². The van der Waals surface area contributed by atoms with Gasteiger partial charge in [-0.3, -0.25) is 0 Å². The Kier molecular flexibility index (Phi) is 3.57. The summed E-state index contributed by atoms with van der Waals surface area (Å²) in [7, 11) is 0. The molecule has 1 aromatic carbocycles. The van der Waals surface area contributed by atoms with Crippen molar-refractivity contribution < 1.29 is 10.2 Å². The van der Waals surface area contributed by atoms with Crippen LogP contribution in [-0.2, 0) is 5.75 Å². The Morgan fingerprint density at radius 1 is 1.19 bits per heavy atom. The normalized spacial score (nSPS) is 20.1. The highest BCUT2D eigenvalue weighted by Crippen LogP contribution is 2.28. The average molecular weight is 232 g/mol. The van der Waals surface area contributed by atoms with E-state index in [1.807, 2.05) is 30.3 Å². The summed E-state index contributed by atoms with van der Waals surface area (Å²) in [6.45, 7) is 0. The number of benzene rings is 1. The Labute approximate surface area is 99.3 Å². The summed E-state index contributed by atoms with van der Waals surface area (Å²) in [4.78, 5) is 0. The molecule has 1 atom stereocenters. The maximum atomic E-state index is 9.61. The lowest BCUT2D eigenvalue weighted by Crippen LogP contribution is -2.12. The van der Waals surface area contributed by atoms with Crippen molar-refractivity contribution in [2.24, 2.45) is 0 Å². The van der Waals surface area contributed by atoms with Gasteiger partial charge in [-0.05, 0) is 11.6 Å². The van der Waals surface area contributed by atoms with E-state index in [0.29, 0.717) is 0 Å². The minimum absolute atomic E-state index is 0.0107. The molecule has 2 N–H and O–H groups in total. The highest BCUT2D eigenvalue weighted by Gasteiger charge is 2.20. The van der Waals surface area contributed by atoms with E-state index in [9.17, 15) is 10.2 Å². The molecule has 0 saturated carbocycles. The van der Waals surface area contributed by atoms with E-state index in [4.69, 9.17) is 0 Å². The molecule has 1 aliphatic carbocycles. The minimum Gasteiger partial charge on any atom is -0.507 e. The Morgan fingerprint density at radius 3 is 2.69 bits per heavy atom. The van der Waals surface area contributed by atoms with Gasteiger partial charge in [0.1, 0.15) is 5.76 Å². The molecule has 0 aromatic heterocycles. The molecular weight excluding hydrogens is 220 g/mol. The number of rotatable bonds is 3. The lowest BCUT2D eigenvalue weighted by molar-refractivity contribution is 0.329. The van der Waals surface area contributed by atoms with Gasteiger partial charge in [-0.15, -0.1) is 11.8 Å². The molecule has 2 nitrogen and oxygen atoms in total. The molecule has 0 fully saturated rings. The van der Waals surface area contributed by atoms with Crippen LogP contribution in [0.5, 0.6) is 0 Å². The number of allylic oxidation sites excluding steroid dienone is 2. The summed E-state index contributed by atoms with van der Waals surface area (Å²) in [5.41, 5.74) is 1.19. The van der Waals surface area contributed by atoms with E-state index in [2.05, 4.69) is 6.42 Å². The molecule has 0 heterocycles. The highest BCUT2D eigenvalue weighted by atomic mass is 32.2. The van der Waals surface area contributed by atoms with E-state index in [1.165, 1.54) is 23.4 Å². The molecule has 0 amide bonds. The first kappa shape index (κ1) is 11.1. The predicted molar refractivity (Wildman–Crippen MR) is 66.2 cm³/mol. The number of hydrogen-bond acceptors (Lipinski definition) is 3. The van der Waals surface area contributed by atoms with Crippen molar-refractivity contribution in [3.63, 3.8) is 0 Å². The van der Waals surface area contributed by atoms with Crippen LogP contribution in [0.4, 0.5) is 0 Å². The van der Waals surface area contributed by atoms with Gasteiger partial charge in [0.15, 0.2) is 5.76 Å². The zero-order valence-corrected chi connectivity index (χ0v) is 9.45. The van der Waals surface area contributed by atoms with Crippen molar-refractivity contribution in [3.05, 3.63) is 66.0 Å². The molecule has 82 valence electrons. The molecule has 1 aliphatic rings. The van der Waals surface area contributed by atoms with Gasteiger partial charge >= 0.3 is 0 Å². The van der Waals surface area contributed by atoms with E-state index >= 15 is 0 Å². The second-order valence-electron chi connectivity index (χ2n) is 3.45. The standard InChI is InChI=1S/C13H12O2S/c14-11-7-4-8-12(13(11)15)16-9-10-5-2-1-3-6-10/h1-7,12,14-15H,9H2. The zero-order chi connectivity index (χ0) is 11.4. The number of thioether (sulfide) groups is 1. The summed E-state index contributed by atoms with van der Waals surface area (Å²) in [6, 6.07) is 10.0. The van der Waals surface area contributed by atoms with Crippen molar-refractivity contribution in [3.8, 4) is 0 Å². The fourth-order valence-electron chi connectivity index (χ4n) is 1.39. The SMILES string of the molecule is OC1=C(O)C(SCc2ccccc2)[C]C=C1. The van der Waals surface area contributed by atoms with Gasteiger partial charge in [0.05, 0.1) is 5.25 Å². The van der Waals surface area contributed by atoms with E-state index in [0.717, 1.165) is 5.75 Å². The van der Waals surface area contributed by atoms with Gasteiger partial charge in [0.25, 0.3) is 0 Å². The fourth-order valence-corrected chi connectivity index (χ4v) is 2.40. The van der Waals surface area contributed by atoms with Crippen molar-refractivity contribution in [2.45, 2.75) is 11.0 Å². The molecule has 2 rings (SSSR count). The Bertz CT molecular complexity index is 409. The first-order chi connectivity index (χ1) is 7.77. The smallest absolute Gasteiger partial charge is 0.153 e. The molecular formula is C13H12O2S. The van der Waals surface area contributed by atoms with Crippen LogP contribution in [0.2, 0.25) is 0 Å². The fraction of sp³-hybridized carbons (Fsp3) is 0.154. The van der Waals surface area contributed by atoms with Crippen LogP contribution in [-0.4, -0.2) is 15.5 Å². The van der Waals surface area contributed by atoms with Crippen molar-refractivity contribution >= 4 is 11.8 Å². The van der Waals surface area contributed by atoms with Crippen LogP contribution in [0.15, 0.2) is 54.0 Å². The lowest BCUT2D eigenvalue weighted by atomic mass is 10.1. The highest BCUT2D eigenvalue weighted by molar-refractivity contribution is 7.99. The summed E-state index contributed by atoms with van der Waals surface area (Å²) in [6.07, 6.45) is 6.06. The van der Waals surface area contributed by atoms with Gasteiger partial charge in [-0.25, -0.2) is 0 Å². The maximum Gasteiger partial charge on any atom is 0.153 e. The monoisotopic (exact) mass is 232 g/mol. The lowest BCUT2D eigenvalue weighted by Gasteiger charge is -2.17. The Morgan fingerprint density at radius 2 is 1.94 bits per heavy atom. The van der Waals surface area contributed by atoms with Crippen molar-refractivity contribution in [2.75, 3.05) is 0 Å². The molecule has 3 heteroatoms. The van der Waals surface area contributed by atoms with Crippen LogP contribution in [0.3, 0.4) is 0 Å². The molecule has 0 aliphatic heterocycles. The van der Waals surface area contributed by atoms with Crippen LogP contribution < -0.4 is 0 Å². The summed E-state index contributed by atoms with van der Waals surface area (Å²) >= 11 is 1.53. The molecule has 16 heavy (non-hydrogen) atoms. The topological polar surface area (TPSA) is 40.5 Å². The summed E-state index contributed by atoms with van der Waals surface area (Å²) < 4.78 is 0. The molecule has 2 radical (unpaired) electrons. The van der Waals surface area contributed by atoms with Gasteiger partial charge in [-0.1, -0.05) is 36.4 Å². The molecule has 1 aromatic rings. The van der Waals surface area contributed by atoms with E-state index in [-0.39, 0.29) is 16.8 Å². The largest absolute Gasteiger partial charge is 0.507 e. The minimum atomic E-state index is -0.273. The number of aliphatic hydroxyl groups excluding tert-OH is 2. The molecule has 1 unspecified atom stereocenters. The Hall–Kier alpha value is -1.35. The van der Waals surface area contributed by atoms with Crippen LogP contribution >= 0.6 is 11.8 Å². The quantitative estimate of drug-likeness (QED) is 0.840. The second-order valence-corrected chi connectivity index (χ2v) is 4.54.